The van der Waals surface area contributed by atoms with E-state index in [1.807, 2.05) is 172 Å². The molecule has 142 heavy (non-hydrogen) atoms. The van der Waals surface area contributed by atoms with E-state index < -0.39 is 0 Å². The van der Waals surface area contributed by atoms with Gasteiger partial charge in [-0.3, -0.25) is 0 Å². The molecule has 12 heteroatoms. The van der Waals surface area contributed by atoms with Crippen molar-refractivity contribution in [3.63, 3.8) is 0 Å². The Hall–Kier alpha value is -18.0. The Kier molecular flexibility index (Phi) is 23.0. The topological polar surface area (TPSA) is 13.0 Å². The summed E-state index contributed by atoms with van der Waals surface area (Å²) < 4.78 is 126. The average Bonchev–Trinajstić information content (AvgIpc) is 0.719. The van der Waals surface area contributed by atoms with Crippen LogP contribution >= 0.6 is 0 Å². The Morgan fingerprint density at radius 3 is 0.486 bits per heavy atom. The van der Waals surface area contributed by atoms with Gasteiger partial charge in [-0.05, 0) is 296 Å². The second-order valence-corrected chi connectivity index (χ2v) is 35.8. The predicted octanol–water partition coefficient (Wildman–Crippen LogP) is 38.1. The van der Waals surface area contributed by atoms with Crippen molar-refractivity contribution in [1.29, 1.82) is 0 Å². The number of rotatable bonds is 20. The molecule has 0 amide bonds. The summed E-state index contributed by atoms with van der Waals surface area (Å²) in [7, 11) is 0. The third-order valence-electron chi connectivity index (χ3n) is 27.0. The molecule has 0 aliphatic heterocycles. The van der Waals surface area contributed by atoms with Crippen molar-refractivity contribution in [2.45, 2.75) is 13.8 Å². The van der Waals surface area contributed by atoms with Gasteiger partial charge in [0.25, 0.3) is 0 Å². The molecule has 0 aliphatic carbocycles. The molecular formula is C130H84F8N4. The summed E-state index contributed by atoms with van der Waals surface area (Å²) in [5, 5.41) is 12.2. The van der Waals surface area contributed by atoms with Gasteiger partial charge in [-0.25, -0.2) is 35.1 Å². The molecule has 0 aliphatic rings. The summed E-state index contributed by atoms with van der Waals surface area (Å²) >= 11 is 0. The number of nitrogens with zero attached hydrogens (tertiary/aromatic N) is 4. The average molecular weight is 1850 g/mol. The molecule has 0 saturated carbocycles. The summed E-state index contributed by atoms with van der Waals surface area (Å²) in [6.07, 6.45) is 0. The minimum absolute atomic E-state index is 0.378. The van der Waals surface area contributed by atoms with E-state index in [9.17, 15) is 0 Å². The van der Waals surface area contributed by atoms with Gasteiger partial charge in [-0.15, -0.1) is 0 Å². The fraction of sp³-hybridized carbons (Fsp3) is 0.0154. The van der Waals surface area contributed by atoms with Gasteiger partial charge in [0, 0.05) is 112 Å². The van der Waals surface area contributed by atoms with Crippen molar-refractivity contribution < 1.29 is 35.1 Å². The van der Waals surface area contributed by atoms with Crippen LogP contribution in [0.15, 0.2) is 473 Å². The standard InChI is InChI=1S/C66H44F4N2.C64H40F4N2/c1-41-19-27-49(28-20-41)71(51-37-45(53-11-3-7-15-59(53)67)35-46(38-51)54-12-4-8-16-60(54)68)63-33-25-43-24-32-58-64(34-26-44-23-31-57(63)65(43)66(44)58)72(50-29-21-42(2)22-30-50)52-39-47(55-13-5-9-17-61(55)69)36-48(40-52)56-14-6-10-18-62(56)70;65-57-23-11-7-19-51(57)43-35-44(52-20-8-12-24-58(52)66)38-49(37-43)69(47-15-3-1-4-16-47)61-33-29-41-28-32-56-62(34-30-42-27-31-55(61)63(41)64(42)56)70(48-17-5-2-6-18-48)50-39-45(53-21-9-13-25-59(53)67)36-46(40-50)54-22-10-14-26-60(54)68/h3-40H,1-2H3;1-40H. The van der Waals surface area contributed by atoms with Crippen molar-refractivity contribution >= 4 is 133 Å². The number of para-hydroxylation sites is 2. The molecule has 4 nitrogen and oxygen atoms in total. The van der Waals surface area contributed by atoms with Crippen molar-refractivity contribution in [3.8, 4) is 89.0 Å². The summed E-state index contributed by atoms with van der Waals surface area (Å²) in [5.74, 6) is -3.03. The lowest BCUT2D eigenvalue weighted by Crippen LogP contribution is -2.12. The first-order chi connectivity index (χ1) is 69.5. The molecule has 24 rings (SSSR count). The number of hydrogen-bond acceptors (Lipinski definition) is 4. The van der Waals surface area contributed by atoms with E-state index in [0.29, 0.717) is 89.0 Å². The molecule has 0 fully saturated rings. The van der Waals surface area contributed by atoms with Gasteiger partial charge in [0.2, 0.25) is 0 Å². The molecule has 0 saturated heterocycles. The molecular weight excluding hydrogens is 1770 g/mol. The lowest BCUT2D eigenvalue weighted by molar-refractivity contribution is 0.630. The lowest BCUT2D eigenvalue weighted by Gasteiger charge is -2.30. The molecule has 0 N–H and O–H groups in total. The largest absolute Gasteiger partial charge is 0.310 e. The van der Waals surface area contributed by atoms with Gasteiger partial charge in [0.15, 0.2) is 0 Å². The van der Waals surface area contributed by atoms with Crippen LogP contribution in [-0.2, 0) is 0 Å². The molecule has 24 aromatic carbocycles. The summed E-state index contributed by atoms with van der Waals surface area (Å²) in [6, 6.07) is 147. The fourth-order valence-corrected chi connectivity index (χ4v) is 20.3. The number of halogens is 8. The number of anilines is 12. The van der Waals surface area contributed by atoms with Crippen LogP contribution in [-0.4, -0.2) is 0 Å². The van der Waals surface area contributed by atoms with Crippen LogP contribution in [0, 0.1) is 60.4 Å². The third-order valence-corrected chi connectivity index (χ3v) is 27.0. The molecule has 0 bridgehead atoms. The van der Waals surface area contributed by atoms with E-state index in [0.717, 1.165) is 144 Å². The molecule has 0 spiro atoms. The van der Waals surface area contributed by atoms with E-state index in [-0.39, 0.29) is 46.5 Å². The highest BCUT2D eigenvalue weighted by Gasteiger charge is 2.30. The van der Waals surface area contributed by atoms with Gasteiger partial charge < -0.3 is 19.6 Å². The van der Waals surface area contributed by atoms with Gasteiger partial charge in [-0.1, -0.05) is 290 Å². The maximum absolute atomic E-state index is 15.8. The zero-order valence-electron chi connectivity index (χ0n) is 76.8. The van der Waals surface area contributed by atoms with E-state index >= 15 is 35.1 Å². The van der Waals surface area contributed by atoms with Crippen molar-refractivity contribution in [2.75, 3.05) is 19.6 Å². The second-order valence-electron chi connectivity index (χ2n) is 35.8. The smallest absolute Gasteiger partial charge is 0.131 e. The van der Waals surface area contributed by atoms with Crippen molar-refractivity contribution in [1.82, 2.24) is 0 Å². The Balaban J connectivity index is 0.000000158. The zero-order valence-corrected chi connectivity index (χ0v) is 76.8. The zero-order chi connectivity index (χ0) is 96.3. The molecule has 24 aromatic rings. The van der Waals surface area contributed by atoms with E-state index in [2.05, 4.69) is 165 Å². The van der Waals surface area contributed by atoms with E-state index in [1.165, 1.54) is 48.5 Å². The highest BCUT2D eigenvalue weighted by Crippen LogP contribution is 2.54. The quantitative estimate of drug-likeness (QED) is 0.0557. The SMILES string of the molecule is Cc1ccc(N(c2cc(-c3ccccc3F)cc(-c3ccccc3F)c2)c2ccc3ccc4c(N(c5ccc(C)cc5)c5cc(-c6ccccc6F)cc(-c6ccccc6F)c5)ccc5ccc2c3c54)cc1.Fc1ccccc1-c1cc(-c2ccccc2F)cc(N(c2ccccc2)c2ccc3ccc4c(N(c5ccccc5)c5cc(-c6ccccc6F)cc(-c6ccccc6F)c5)ccc5ccc2c3c54)c1. The van der Waals surface area contributed by atoms with Crippen LogP contribution < -0.4 is 19.6 Å². The van der Waals surface area contributed by atoms with E-state index in [1.54, 1.807) is 121 Å². The second kappa shape index (κ2) is 37.1. The van der Waals surface area contributed by atoms with Gasteiger partial charge in [-0.2, -0.15) is 0 Å². The lowest BCUT2D eigenvalue weighted by atomic mass is 9.91. The monoisotopic (exact) mass is 1850 g/mol. The molecule has 0 radical (unpaired) electrons. The van der Waals surface area contributed by atoms with Crippen LogP contribution in [0.3, 0.4) is 0 Å². The van der Waals surface area contributed by atoms with Crippen LogP contribution in [0.25, 0.3) is 154 Å². The first-order valence-electron chi connectivity index (χ1n) is 47.0. The maximum Gasteiger partial charge on any atom is 0.131 e. The minimum Gasteiger partial charge on any atom is -0.310 e. The summed E-state index contributed by atoms with van der Waals surface area (Å²) in [5.41, 5.74) is 20.1. The predicted molar refractivity (Wildman–Crippen MR) is 572 cm³/mol. The highest BCUT2D eigenvalue weighted by molar-refractivity contribution is 6.30. The molecule has 0 unspecified atom stereocenters. The van der Waals surface area contributed by atoms with Crippen LogP contribution in [0.2, 0.25) is 0 Å². The number of aryl methyl sites for hydroxylation is 2. The minimum atomic E-state index is -0.379. The maximum atomic E-state index is 15.8. The number of benzene rings is 24. The number of hydrogen-bond donors (Lipinski definition) is 0. The first kappa shape index (κ1) is 88.0. The molecule has 0 aromatic heterocycles. The van der Waals surface area contributed by atoms with Gasteiger partial charge in [0.1, 0.15) is 46.5 Å². The highest BCUT2D eigenvalue weighted by atomic mass is 19.2. The molecule has 0 heterocycles. The van der Waals surface area contributed by atoms with Crippen LogP contribution in [0.1, 0.15) is 11.1 Å². The van der Waals surface area contributed by atoms with E-state index in [4.69, 9.17) is 0 Å². The summed E-state index contributed by atoms with van der Waals surface area (Å²) in [4.78, 5) is 8.68. The summed E-state index contributed by atoms with van der Waals surface area (Å²) in [6.45, 7) is 4.10. The van der Waals surface area contributed by atoms with Gasteiger partial charge >= 0.3 is 0 Å². The Labute approximate surface area is 816 Å². The molecule has 680 valence electrons. The normalized spacial score (nSPS) is 11.5. The van der Waals surface area contributed by atoms with Crippen molar-refractivity contribution in [3.05, 3.63) is 531 Å². The fourth-order valence-electron chi connectivity index (χ4n) is 20.3. The van der Waals surface area contributed by atoms with Crippen LogP contribution in [0.5, 0.6) is 0 Å². The van der Waals surface area contributed by atoms with Crippen molar-refractivity contribution in [2.24, 2.45) is 0 Å². The Morgan fingerprint density at radius 2 is 0.303 bits per heavy atom. The van der Waals surface area contributed by atoms with Gasteiger partial charge in [0.05, 0.1) is 22.7 Å². The Morgan fingerprint density at radius 1 is 0.141 bits per heavy atom. The third kappa shape index (κ3) is 16.4. The first-order valence-corrected chi connectivity index (χ1v) is 47.0. The van der Waals surface area contributed by atoms with Crippen LogP contribution in [0.4, 0.5) is 103 Å². The Bertz CT molecular complexity index is 8190. The molecule has 0 atom stereocenters.